The first-order chi connectivity index (χ1) is 15.6. The number of carboxylic acid groups (broad SMARTS) is 1. The minimum atomic E-state index is -1.25. The maximum atomic E-state index is 12.8. The third kappa shape index (κ3) is 3.80. The molecular formula is C23H25N5O4. The van der Waals surface area contributed by atoms with Gasteiger partial charge in [-0.1, -0.05) is 0 Å². The molecule has 0 spiro atoms. The molecule has 2 saturated heterocycles. The minimum absolute atomic E-state index is 0.272. The van der Waals surface area contributed by atoms with Crippen molar-refractivity contribution in [2.45, 2.75) is 0 Å². The highest BCUT2D eigenvalue weighted by Gasteiger charge is 2.19. The number of carbonyl (C=O) groups is 1. The quantitative estimate of drug-likeness (QED) is 0.633. The fraction of sp³-hybridized carbons (Fsp3) is 0.348. The minimum Gasteiger partial charge on any atom is -0.477 e. The first kappa shape index (κ1) is 20.5. The number of piperazine rings is 1. The van der Waals surface area contributed by atoms with Crippen LogP contribution in [0.15, 0.2) is 47.4 Å². The third-order valence-electron chi connectivity index (χ3n) is 6.01. The van der Waals surface area contributed by atoms with Crippen LogP contribution in [0.4, 0.5) is 11.5 Å². The maximum Gasteiger partial charge on any atom is 0.341 e. The Morgan fingerprint density at radius 2 is 1.62 bits per heavy atom. The number of morpholine rings is 1. The highest BCUT2D eigenvalue weighted by molar-refractivity contribution is 5.92. The molecule has 4 heterocycles. The molecule has 2 N–H and O–H groups in total. The first-order valence-corrected chi connectivity index (χ1v) is 10.8. The van der Waals surface area contributed by atoms with Gasteiger partial charge in [0.2, 0.25) is 5.43 Å². The Labute approximate surface area is 184 Å². The van der Waals surface area contributed by atoms with Crippen molar-refractivity contribution in [1.82, 2.24) is 14.9 Å². The summed E-state index contributed by atoms with van der Waals surface area (Å²) in [4.78, 5) is 33.8. The summed E-state index contributed by atoms with van der Waals surface area (Å²) in [5.74, 6) is -0.470. The normalized spacial score (nSPS) is 17.0. The summed E-state index contributed by atoms with van der Waals surface area (Å²) >= 11 is 0. The smallest absolute Gasteiger partial charge is 0.341 e. The average molecular weight is 435 g/mol. The average Bonchev–Trinajstić information content (AvgIpc) is 2.85. The van der Waals surface area contributed by atoms with E-state index in [2.05, 4.69) is 15.1 Å². The van der Waals surface area contributed by atoms with Gasteiger partial charge in [0.15, 0.2) is 5.65 Å². The molecule has 9 heteroatoms. The van der Waals surface area contributed by atoms with E-state index in [9.17, 15) is 14.7 Å². The molecule has 2 aliphatic rings. The van der Waals surface area contributed by atoms with Gasteiger partial charge in [-0.2, -0.15) is 0 Å². The van der Waals surface area contributed by atoms with Crippen molar-refractivity contribution in [1.29, 1.82) is 0 Å². The largest absolute Gasteiger partial charge is 0.477 e. The number of carboxylic acids is 1. The van der Waals surface area contributed by atoms with E-state index < -0.39 is 11.4 Å². The maximum absolute atomic E-state index is 12.8. The molecule has 2 aromatic heterocycles. The Morgan fingerprint density at radius 3 is 2.31 bits per heavy atom. The van der Waals surface area contributed by atoms with Crippen LogP contribution in [0.3, 0.4) is 0 Å². The van der Waals surface area contributed by atoms with Crippen LogP contribution in [0.1, 0.15) is 10.4 Å². The number of nitrogens with one attached hydrogen (secondary N) is 1. The number of aromatic carboxylic acids is 1. The van der Waals surface area contributed by atoms with E-state index in [1.165, 1.54) is 6.20 Å². The van der Waals surface area contributed by atoms with Crippen LogP contribution < -0.4 is 20.5 Å². The predicted molar refractivity (Wildman–Crippen MR) is 122 cm³/mol. The Hall–Kier alpha value is -3.43. The highest BCUT2D eigenvalue weighted by Crippen LogP contribution is 2.23. The Balaban J connectivity index is 1.61. The van der Waals surface area contributed by atoms with Crippen molar-refractivity contribution in [2.24, 2.45) is 0 Å². The number of hydrogen-bond acceptors (Lipinski definition) is 7. The van der Waals surface area contributed by atoms with Crippen molar-refractivity contribution in [3.63, 3.8) is 0 Å². The number of anilines is 2. The van der Waals surface area contributed by atoms with E-state index >= 15 is 0 Å². The molecule has 3 aromatic rings. The van der Waals surface area contributed by atoms with Crippen LogP contribution in [-0.4, -0.2) is 73.1 Å². The summed E-state index contributed by atoms with van der Waals surface area (Å²) < 4.78 is 7.13. The Bertz CT molecular complexity index is 1200. The van der Waals surface area contributed by atoms with E-state index in [-0.39, 0.29) is 5.56 Å². The molecule has 2 aliphatic heterocycles. The van der Waals surface area contributed by atoms with Crippen molar-refractivity contribution < 1.29 is 14.6 Å². The second-order valence-corrected chi connectivity index (χ2v) is 7.94. The zero-order valence-electron chi connectivity index (χ0n) is 17.7. The SMILES string of the molecule is O=C(O)c1cn(-c2ccc(N3CCOCC3)cc2)c2nc(N3CCNCC3)ccc2c1=O. The van der Waals surface area contributed by atoms with Gasteiger partial charge in [0.1, 0.15) is 11.4 Å². The number of ether oxygens (including phenoxy) is 1. The van der Waals surface area contributed by atoms with Crippen LogP contribution in [-0.2, 0) is 4.74 Å². The van der Waals surface area contributed by atoms with Gasteiger partial charge in [-0.3, -0.25) is 4.79 Å². The van der Waals surface area contributed by atoms with Gasteiger partial charge in [-0.25, -0.2) is 9.78 Å². The molecule has 0 atom stereocenters. The molecule has 1 aromatic carbocycles. The number of hydrogen-bond donors (Lipinski definition) is 2. The Morgan fingerprint density at radius 1 is 0.938 bits per heavy atom. The topological polar surface area (TPSA) is 99.9 Å². The summed E-state index contributed by atoms with van der Waals surface area (Å²) in [6, 6.07) is 11.4. The summed E-state index contributed by atoms with van der Waals surface area (Å²) in [6.45, 7) is 6.45. The van der Waals surface area contributed by atoms with Crippen LogP contribution in [0.2, 0.25) is 0 Å². The lowest BCUT2D eigenvalue weighted by Gasteiger charge is -2.29. The van der Waals surface area contributed by atoms with E-state index in [0.717, 1.165) is 56.5 Å². The molecule has 5 rings (SSSR count). The van der Waals surface area contributed by atoms with Crippen molar-refractivity contribution in [2.75, 3.05) is 62.3 Å². The van der Waals surface area contributed by atoms with Crippen LogP contribution in [0, 0.1) is 0 Å². The molecular weight excluding hydrogens is 410 g/mol. The van der Waals surface area contributed by atoms with E-state index in [0.29, 0.717) is 24.2 Å². The zero-order chi connectivity index (χ0) is 22.1. The van der Waals surface area contributed by atoms with Crippen LogP contribution in [0.5, 0.6) is 0 Å². The lowest BCUT2D eigenvalue weighted by molar-refractivity contribution is 0.0695. The molecule has 166 valence electrons. The van der Waals surface area contributed by atoms with Gasteiger partial charge in [0.25, 0.3) is 0 Å². The first-order valence-electron chi connectivity index (χ1n) is 10.8. The van der Waals surface area contributed by atoms with Crippen molar-refractivity contribution >= 4 is 28.5 Å². The Kier molecular flexibility index (Phi) is 5.50. The van der Waals surface area contributed by atoms with Gasteiger partial charge in [0.05, 0.1) is 18.6 Å². The second-order valence-electron chi connectivity index (χ2n) is 7.94. The van der Waals surface area contributed by atoms with E-state index in [1.54, 1.807) is 16.7 Å². The predicted octanol–water partition coefficient (Wildman–Crippen LogP) is 1.33. The van der Waals surface area contributed by atoms with E-state index in [1.807, 2.05) is 24.3 Å². The number of fused-ring (bicyclic) bond motifs is 1. The second kappa shape index (κ2) is 8.60. The lowest BCUT2D eigenvalue weighted by atomic mass is 10.1. The number of benzene rings is 1. The highest BCUT2D eigenvalue weighted by atomic mass is 16.5. The standard InChI is InChI=1S/C23H25N5O4/c29-21-18-5-6-20(27-9-7-24-8-10-27)25-22(18)28(15-19(21)23(30)31)17-3-1-16(2-4-17)26-11-13-32-14-12-26/h1-6,15,24H,7-14H2,(H,30,31). The molecule has 0 unspecified atom stereocenters. The van der Waals surface area contributed by atoms with Crippen LogP contribution >= 0.6 is 0 Å². The fourth-order valence-corrected chi connectivity index (χ4v) is 4.26. The molecule has 0 aliphatic carbocycles. The molecule has 9 nitrogen and oxygen atoms in total. The summed E-state index contributed by atoms with van der Waals surface area (Å²) in [6.07, 6.45) is 1.38. The van der Waals surface area contributed by atoms with Gasteiger partial charge in [-0.05, 0) is 36.4 Å². The van der Waals surface area contributed by atoms with Crippen molar-refractivity contribution in [3.05, 3.63) is 58.4 Å². The number of aromatic nitrogens is 2. The summed E-state index contributed by atoms with van der Waals surface area (Å²) in [7, 11) is 0. The molecule has 0 bridgehead atoms. The van der Waals surface area contributed by atoms with Gasteiger partial charge in [0, 0.05) is 56.8 Å². The zero-order valence-corrected chi connectivity index (χ0v) is 17.7. The van der Waals surface area contributed by atoms with Gasteiger partial charge < -0.3 is 29.5 Å². The summed E-state index contributed by atoms with van der Waals surface area (Å²) in [5.41, 5.74) is 1.49. The van der Waals surface area contributed by atoms with Crippen LogP contribution in [0.25, 0.3) is 16.7 Å². The molecule has 0 amide bonds. The van der Waals surface area contributed by atoms with Gasteiger partial charge >= 0.3 is 5.97 Å². The molecule has 32 heavy (non-hydrogen) atoms. The molecule has 0 saturated carbocycles. The van der Waals surface area contributed by atoms with Gasteiger partial charge in [-0.15, -0.1) is 0 Å². The number of rotatable bonds is 4. The van der Waals surface area contributed by atoms with Crippen molar-refractivity contribution in [3.8, 4) is 5.69 Å². The lowest BCUT2D eigenvalue weighted by Crippen LogP contribution is -2.43. The number of pyridine rings is 2. The summed E-state index contributed by atoms with van der Waals surface area (Å²) in [5, 5.41) is 13.2. The number of nitrogens with zero attached hydrogens (tertiary/aromatic N) is 4. The molecule has 2 fully saturated rings. The monoisotopic (exact) mass is 435 g/mol. The fourth-order valence-electron chi connectivity index (χ4n) is 4.26. The molecule has 0 radical (unpaired) electrons. The third-order valence-corrected chi connectivity index (χ3v) is 6.01. The van der Waals surface area contributed by atoms with E-state index in [4.69, 9.17) is 9.72 Å².